The molecule has 2 N–H and O–H groups in total. The van der Waals surface area contributed by atoms with Crippen molar-refractivity contribution in [2.24, 2.45) is 0 Å². The molecule has 2 aromatic heterocycles. The Kier molecular flexibility index (Phi) is 3.70. The second kappa shape index (κ2) is 5.81. The lowest BCUT2D eigenvalue weighted by molar-refractivity contribution is 0.0938. The molecular weight excluding hydrogens is 278 g/mol. The van der Waals surface area contributed by atoms with Gasteiger partial charge in [0.25, 0.3) is 5.91 Å². The largest absolute Gasteiger partial charge is 0.359 e. The summed E-state index contributed by atoms with van der Waals surface area (Å²) in [5.41, 5.74) is 1.55. The summed E-state index contributed by atoms with van der Waals surface area (Å²) in [6.07, 6.45) is 2.96. The van der Waals surface area contributed by atoms with Gasteiger partial charge in [0.1, 0.15) is 11.1 Å². The van der Waals surface area contributed by atoms with E-state index in [2.05, 4.69) is 15.3 Å². The van der Waals surface area contributed by atoms with Crippen LogP contribution >= 0.6 is 0 Å². The normalized spacial score (nSPS) is 12.0. The molecule has 0 radical (unpaired) electrons. The molecule has 1 atom stereocenters. The first-order valence-electron chi connectivity index (χ1n) is 6.99. The molecule has 5 heteroatoms. The monoisotopic (exact) mass is 293 g/mol. The van der Waals surface area contributed by atoms with Crippen molar-refractivity contribution in [3.05, 3.63) is 76.2 Å². The first-order chi connectivity index (χ1) is 10.7. The molecule has 0 fully saturated rings. The maximum Gasteiger partial charge on any atom is 0.257 e. The van der Waals surface area contributed by atoms with Gasteiger partial charge in [-0.1, -0.05) is 30.3 Å². The highest BCUT2D eigenvalue weighted by Crippen LogP contribution is 2.12. The van der Waals surface area contributed by atoms with Crippen LogP contribution in [0.15, 0.2) is 59.7 Å². The number of H-pyrrole nitrogens is 1. The molecule has 0 saturated heterocycles. The summed E-state index contributed by atoms with van der Waals surface area (Å²) in [6.45, 7) is 1.88. The Morgan fingerprint density at radius 2 is 1.95 bits per heavy atom. The van der Waals surface area contributed by atoms with E-state index in [1.165, 1.54) is 12.4 Å². The third-order valence-electron chi connectivity index (χ3n) is 3.53. The first kappa shape index (κ1) is 14.0. The highest BCUT2D eigenvalue weighted by Gasteiger charge is 2.16. The summed E-state index contributed by atoms with van der Waals surface area (Å²) >= 11 is 0. The number of carbonyl (C=O) groups is 1. The lowest BCUT2D eigenvalue weighted by Crippen LogP contribution is -2.31. The number of aromatic amines is 1. The van der Waals surface area contributed by atoms with E-state index >= 15 is 0 Å². The molecule has 0 aliphatic rings. The van der Waals surface area contributed by atoms with Crippen LogP contribution in [0.5, 0.6) is 0 Å². The molecule has 0 aliphatic heterocycles. The Hall–Kier alpha value is -2.95. The second-order valence-electron chi connectivity index (χ2n) is 5.04. The molecule has 3 rings (SSSR count). The number of amides is 1. The van der Waals surface area contributed by atoms with Crippen molar-refractivity contribution in [2.75, 3.05) is 0 Å². The third-order valence-corrected chi connectivity index (χ3v) is 3.53. The Labute approximate surface area is 127 Å². The quantitative estimate of drug-likeness (QED) is 0.778. The van der Waals surface area contributed by atoms with Crippen LogP contribution in [0.2, 0.25) is 0 Å². The SMILES string of the molecule is CC(NC(=O)c1c[nH]c2cccnc2c1=O)c1ccccc1. The Morgan fingerprint density at radius 1 is 1.18 bits per heavy atom. The number of pyridine rings is 2. The minimum atomic E-state index is -0.412. The number of hydrogen-bond acceptors (Lipinski definition) is 3. The fourth-order valence-electron chi connectivity index (χ4n) is 2.31. The van der Waals surface area contributed by atoms with E-state index in [1.807, 2.05) is 37.3 Å². The zero-order valence-electron chi connectivity index (χ0n) is 12.0. The van der Waals surface area contributed by atoms with Crippen molar-refractivity contribution < 1.29 is 4.79 Å². The van der Waals surface area contributed by atoms with E-state index in [0.717, 1.165) is 5.56 Å². The van der Waals surface area contributed by atoms with Gasteiger partial charge in [-0.25, -0.2) is 0 Å². The van der Waals surface area contributed by atoms with Crippen molar-refractivity contribution in [3.8, 4) is 0 Å². The molecule has 1 unspecified atom stereocenters. The maximum absolute atomic E-state index is 12.3. The average Bonchev–Trinajstić information content (AvgIpc) is 2.56. The highest BCUT2D eigenvalue weighted by atomic mass is 16.2. The summed E-state index contributed by atoms with van der Waals surface area (Å²) in [4.78, 5) is 31.6. The molecular formula is C17H15N3O2. The highest BCUT2D eigenvalue weighted by molar-refractivity contribution is 5.96. The van der Waals surface area contributed by atoms with Crippen molar-refractivity contribution in [1.29, 1.82) is 0 Å². The predicted octanol–water partition coefficient (Wildman–Crippen LogP) is 2.41. The van der Waals surface area contributed by atoms with E-state index in [-0.39, 0.29) is 22.6 Å². The molecule has 0 bridgehead atoms. The lowest BCUT2D eigenvalue weighted by Gasteiger charge is -2.14. The van der Waals surface area contributed by atoms with Gasteiger partial charge in [-0.05, 0) is 24.6 Å². The van der Waals surface area contributed by atoms with Crippen LogP contribution in [0, 0.1) is 0 Å². The van der Waals surface area contributed by atoms with Crippen LogP contribution in [-0.4, -0.2) is 15.9 Å². The Morgan fingerprint density at radius 3 is 2.73 bits per heavy atom. The standard InChI is InChI=1S/C17H15N3O2/c1-11(12-6-3-2-4-7-12)20-17(22)13-10-19-14-8-5-9-18-15(14)16(13)21/h2-11H,1H3,(H,19,21)(H,20,22). The molecule has 22 heavy (non-hydrogen) atoms. The van der Waals surface area contributed by atoms with Gasteiger partial charge in [-0.15, -0.1) is 0 Å². The molecule has 1 amide bonds. The van der Waals surface area contributed by atoms with Gasteiger partial charge in [0.15, 0.2) is 0 Å². The fourth-order valence-corrected chi connectivity index (χ4v) is 2.31. The minimum Gasteiger partial charge on any atom is -0.359 e. The minimum absolute atomic E-state index is 0.0639. The van der Waals surface area contributed by atoms with Crippen LogP contribution in [-0.2, 0) is 0 Å². The van der Waals surface area contributed by atoms with Gasteiger partial charge in [-0.2, -0.15) is 0 Å². The van der Waals surface area contributed by atoms with Crippen LogP contribution in [0.1, 0.15) is 28.9 Å². The number of nitrogens with zero attached hydrogens (tertiary/aromatic N) is 1. The number of carbonyl (C=O) groups excluding carboxylic acids is 1. The number of rotatable bonds is 3. The van der Waals surface area contributed by atoms with E-state index in [9.17, 15) is 9.59 Å². The van der Waals surface area contributed by atoms with Crippen LogP contribution in [0.25, 0.3) is 11.0 Å². The smallest absolute Gasteiger partial charge is 0.257 e. The summed E-state index contributed by atoms with van der Waals surface area (Å²) < 4.78 is 0. The van der Waals surface area contributed by atoms with E-state index in [0.29, 0.717) is 5.52 Å². The number of benzene rings is 1. The van der Waals surface area contributed by atoms with Gasteiger partial charge < -0.3 is 10.3 Å². The maximum atomic E-state index is 12.3. The Balaban J connectivity index is 1.90. The molecule has 1 aromatic carbocycles. The molecule has 0 saturated carbocycles. The molecule has 0 spiro atoms. The second-order valence-corrected chi connectivity index (χ2v) is 5.04. The van der Waals surface area contributed by atoms with Gasteiger partial charge in [-0.3, -0.25) is 14.6 Å². The molecule has 0 aliphatic carbocycles. The molecule has 2 heterocycles. The van der Waals surface area contributed by atoms with Crippen molar-refractivity contribution in [1.82, 2.24) is 15.3 Å². The van der Waals surface area contributed by atoms with Crippen molar-refractivity contribution in [2.45, 2.75) is 13.0 Å². The van der Waals surface area contributed by atoms with Gasteiger partial charge in [0, 0.05) is 12.4 Å². The molecule has 5 nitrogen and oxygen atoms in total. The molecule has 3 aromatic rings. The Bertz CT molecular complexity index is 872. The van der Waals surface area contributed by atoms with Crippen molar-refractivity contribution in [3.63, 3.8) is 0 Å². The van der Waals surface area contributed by atoms with Crippen LogP contribution in [0.3, 0.4) is 0 Å². The fraction of sp³-hybridized carbons (Fsp3) is 0.118. The summed E-state index contributed by atoms with van der Waals surface area (Å²) in [5, 5.41) is 2.83. The average molecular weight is 293 g/mol. The summed E-state index contributed by atoms with van der Waals surface area (Å²) in [6, 6.07) is 12.9. The number of nitrogens with one attached hydrogen (secondary N) is 2. The van der Waals surface area contributed by atoms with Gasteiger partial charge in [0.05, 0.1) is 11.6 Å². The summed E-state index contributed by atoms with van der Waals surface area (Å²) in [5.74, 6) is -0.412. The van der Waals surface area contributed by atoms with Crippen molar-refractivity contribution >= 4 is 16.9 Å². The van der Waals surface area contributed by atoms with Crippen LogP contribution in [0.4, 0.5) is 0 Å². The zero-order valence-corrected chi connectivity index (χ0v) is 12.0. The zero-order chi connectivity index (χ0) is 15.5. The molecule has 110 valence electrons. The number of fused-ring (bicyclic) bond motifs is 1. The number of aromatic nitrogens is 2. The third kappa shape index (κ3) is 2.61. The first-order valence-corrected chi connectivity index (χ1v) is 6.99. The van der Waals surface area contributed by atoms with E-state index in [1.54, 1.807) is 12.1 Å². The van der Waals surface area contributed by atoms with E-state index < -0.39 is 5.91 Å². The van der Waals surface area contributed by atoms with Gasteiger partial charge >= 0.3 is 0 Å². The topological polar surface area (TPSA) is 74.8 Å². The number of hydrogen-bond donors (Lipinski definition) is 2. The summed E-state index contributed by atoms with van der Waals surface area (Å²) in [7, 11) is 0. The lowest BCUT2D eigenvalue weighted by atomic mass is 10.1. The van der Waals surface area contributed by atoms with Gasteiger partial charge in [0.2, 0.25) is 5.43 Å². The van der Waals surface area contributed by atoms with E-state index in [4.69, 9.17) is 0 Å². The van der Waals surface area contributed by atoms with Crippen LogP contribution < -0.4 is 10.7 Å². The predicted molar refractivity (Wildman–Crippen MR) is 84.7 cm³/mol.